The quantitative estimate of drug-likeness (QED) is 0.0155. The summed E-state index contributed by atoms with van der Waals surface area (Å²) in [6, 6.07) is 17.3. The van der Waals surface area contributed by atoms with E-state index in [0.29, 0.717) is 96.7 Å². The molecule has 0 aliphatic rings. The number of carboxylic acid groups (broad SMARTS) is 1. The van der Waals surface area contributed by atoms with Crippen LogP contribution < -0.4 is 32.6 Å². The van der Waals surface area contributed by atoms with E-state index in [0.717, 1.165) is 21.9 Å². The number of amides is 2. The number of benzene rings is 3. The molecule has 3 aromatic rings. The Kier molecular flexibility index (Phi) is 20.4. The molecule has 298 valence electrons. The molecular weight excluding hydrogens is 714 g/mol. The molecule has 55 heavy (non-hydrogen) atoms. The first-order chi connectivity index (χ1) is 26.7. The SMILES string of the molecule is [N-]=[N+]=NCCOCCOCCOCCOCCOc1ccc(-c2ccc(C(CC(=O)O)NC(=O)CNC(=O)C(N)CCCN=C(N)N)cc2)c2ccccc12. The molecule has 18 heteroatoms. The second kappa shape index (κ2) is 25.5. The molecule has 0 radical (unpaired) electrons. The minimum atomic E-state index is -1.09. The third-order valence-electron chi connectivity index (χ3n) is 7.95. The topological polar surface area (TPSA) is 281 Å². The molecular formula is C37H51N9O9. The van der Waals surface area contributed by atoms with Crippen molar-refractivity contribution in [2.75, 3.05) is 79.1 Å². The highest BCUT2D eigenvalue weighted by molar-refractivity contribution is 6.00. The molecule has 0 aromatic heterocycles. The highest BCUT2D eigenvalue weighted by atomic mass is 16.6. The summed E-state index contributed by atoms with van der Waals surface area (Å²) in [7, 11) is 0. The van der Waals surface area contributed by atoms with Crippen molar-refractivity contribution in [3.8, 4) is 16.9 Å². The number of hydrogen-bond acceptors (Lipinski definition) is 11. The van der Waals surface area contributed by atoms with Crippen molar-refractivity contribution in [2.45, 2.75) is 31.3 Å². The maximum Gasteiger partial charge on any atom is 0.305 e. The Morgan fingerprint density at radius 1 is 0.800 bits per heavy atom. The van der Waals surface area contributed by atoms with Crippen molar-refractivity contribution < 1.29 is 43.2 Å². The zero-order valence-electron chi connectivity index (χ0n) is 30.8. The Balaban J connectivity index is 1.46. The zero-order valence-corrected chi connectivity index (χ0v) is 30.8. The number of nitrogens with two attached hydrogens (primary N) is 3. The number of carbonyl (C=O) groups excluding carboxylic acids is 2. The van der Waals surface area contributed by atoms with Gasteiger partial charge < -0.3 is 56.6 Å². The minimum absolute atomic E-state index is 0.0491. The van der Waals surface area contributed by atoms with E-state index in [1.165, 1.54) is 0 Å². The molecule has 0 heterocycles. The Morgan fingerprint density at radius 3 is 2.04 bits per heavy atom. The normalized spacial score (nSPS) is 11.9. The zero-order chi connectivity index (χ0) is 39.7. The average molecular weight is 766 g/mol. The summed E-state index contributed by atoms with van der Waals surface area (Å²) in [6.07, 6.45) is 0.442. The lowest BCUT2D eigenvalue weighted by Gasteiger charge is -2.19. The summed E-state index contributed by atoms with van der Waals surface area (Å²) in [5.74, 6) is -1.51. The minimum Gasteiger partial charge on any atom is -0.491 e. The Hall–Kier alpha value is -5.49. The number of aliphatic carboxylic acids is 1. The lowest BCUT2D eigenvalue weighted by molar-refractivity contribution is -0.138. The van der Waals surface area contributed by atoms with Crippen molar-refractivity contribution in [3.05, 3.63) is 76.7 Å². The molecule has 2 amide bonds. The van der Waals surface area contributed by atoms with E-state index in [1.807, 2.05) is 48.5 Å². The van der Waals surface area contributed by atoms with Gasteiger partial charge in [-0.05, 0) is 46.5 Å². The maximum atomic E-state index is 12.7. The van der Waals surface area contributed by atoms with Gasteiger partial charge in [-0.1, -0.05) is 59.7 Å². The molecule has 3 rings (SSSR count). The van der Waals surface area contributed by atoms with Crippen LogP contribution in [0.25, 0.3) is 32.3 Å². The maximum absolute atomic E-state index is 12.7. The summed E-state index contributed by atoms with van der Waals surface area (Å²) >= 11 is 0. The van der Waals surface area contributed by atoms with E-state index >= 15 is 0 Å². The van der Waals surface area contributed by atoms with E-state index in [-0.39, 0.29) is 18.9 Å². The molecule has 0 aliphatic carbocycles. The van der Waals surface area contributed by atoms with E-state index < -0.39 is 29.9 Å². The number of fused-ring (bicyclic) bond motifs is 1. The van der Waals surface area contributed by atoms with Crippen LogP contribution >= 0.6 is 0 Å². The van der Waals surface area contributed by atoms with Gasteiger partial charge in [-0.15, -0.1) is 0 Å². The van der Waals surface area contributed by atoms with Crippen molar-refractivity contribution >= 4 is 34.5 Å². The van der Waals surface area contributed by atoms with Crippen molar-refractivity contribution in [1.29, 1.82) is 0 Å². The van der Waals surface area contributed by atoms with Crippen molar-refractivity contribution in [2.24, 2.45) is 27.3 Å². The van der Waals surface area contributed by atoms with Gasteiger partial charge in [0.05, 0.1) is 77.9 Å². The Labute approximate surface area is 319 Å². The molecule has 2 unspecified atom stereocenters. The molecule has 0 bridgehead atoms. The molecule has 0 saturated heterocycles. The van der Waals surface area contributed by atoms with Crippen molar-refractivity contribution in [1.82, 2.24) is 10.6 Å². The number of nitrogens with one attached hydrogen (secondary N) is 2. The predicted molar refractivity (Wildman–Crippen MR) is 206 cm³/mol. The standard InChI is InChI=1S/C37H51N9O9/c38-31(6-3-13-42-37(39)40)36(50)43-25-34(47)45-32(24-35(48)49)27-9-7-26(8-10-27)28-11-12-33(30-5-2-1-4-29(28)30)55-23-22-54-21-20-53-19-18-52-17-16-51-15-14-44-46-41/h1-2,4-5,7-12,31-32H,3,6,13-25,38H2,(H,43,50)(H,45,47)(H,48,49)(H4,39,40,42). The number of nitrogens with zero attached hydrogens (tertiary/aromatic N) is 4. The van der Waals surface area contributed by atoms with E-state index in [1.54, 1.807) is 12.1 Å². The van der Waals surface area contributed by atoms with Crippen LogP contribution in [0.1, 0.15) is 30.9 Å². The Bertz CT molecular complexity index is 1720. The largest absolute Gasteiger partial charge is 0.491 e. The molecule has 9 N–H and O–H groups in total. The van der Waals surface area contributed by atoms with Crippen LogP contribution in [-0.4, -0.2) is 114 Å². The van der Waals surface area contributed by atoms with Gasteiger partial charge in [-0.25, -0.2) is 0 Å². The lowest BCUT2D eigenvalue weighted by Crippen LogP contribution is -2.45. The first-order valence-corrected chi connectivity index (χ1v) is 17.9. The Morgan fingerprint density at radius 2 is 1.42 bits per heavy atom. The van der Waals surface area contributed by atoms with Crippen LogP contribution in [0.4, 0.5) is 0 Å². The highest BCUT2D eigenvalue weighted by Gasteiger charge is 2.20. The van der Waals surface area contributed by atoms with Crippen LogP contribution in [0, 0.1) is 0 Å². The lowest BCUT2D eigenvalue weighted by atomic mass is 9.95. The molecule has 0 spiro atoms. The molecule has 0 fully saturated rings. The fourth-order valence-corrected chi connectivity index (χ4v) is 5.29. The number of carbonyl (C=O) groups is 3. The van der Waals surface area contributed by atoms with Gasteiger partial charge in [0.25, 0.3) is 0 Å². The molecule has 2 atom stereocenters. The summed E-state index contributed by atoms with van der Waals surface area (Å²) < 4.78 is 27.9. The van der Waals surface area contributed by atoms with Gasteiger partial charge in [0.2, 0.25) is 11.8 Å². The number of ether oxygens (including phenoxy) is 5. The van der Waals surface area contributed by atoms with Crippen LogP contribution in [0.2, 0.25) is 0 Å². The first-order valence-electron chi connectivity index (χ1n) is 17.9. The summed E-state index contributed by atoms with van der Waals surface area (Å²) in [4.78, 5) is 43.2. The van der Waals surface area contributed by atoms with E-state index in [2.05, 4.69) is 25.7 Å². The summed E-state index contributed by atoms with van der Waals surface area (Å²) in [5, 5.41) is 20.0. The average Bonchev–Trinajstić information content (AvgIpc) is 3.18. The number of rotatable bonds is 28. The number of aliphatic imine (C=N–C) groups is 1. The van der Waals surface area contributed by atoms with Crippen molar-refractivity contribution in [3.63, 3.8) is 0 Å². The van der Waals surface area contributed by atoms with Crippen LogP contribution in [0.5, 0.6) is 5.75 Å². The van der Waals surface area contributed by atoms with Gasteiger partial charge in [0, 0.05) is 23.4 Å². The van der Waals surface area contributed by atoms with Gasteiger partial charge in [0.1, 0.15) is 12.4 Å². The van der Waals surface area contributed by atoms with Gasteiger partial charge in [-0.2, -0.15) is 0 Å². The third kappa shape index (κ3) is 17.0. The number of hydrogen-bond donors (Lipinski definition) is 6. The second-order valence-electron chi connectivity index (χ2n) is 12.0. The van der Waals surface area contributed by atoms with Crippen LogP contribution in [0.3, 0.4) is 0 Å². The fraction of sp³-hybridized carbons (Fsp3) is 0.459. The third-order valence-corrected chi connectivity index (χ3v) is 7.95. The molecule has 0 aliphatic heterocycles. The van der Waals surface area contributed by atoms with Gasteiger partial charge in [0.15, 0.2) is 5.96 Å². The smallest absolute Gasteiger partial charge is 0.305 e. The van der Waals surface area contributed by atoms with Gasteiger partial charge >= 0.3 is 5.97 Å². The number of guanidine groups is 1. The van der Waals surface area contributed by atoms with E-state index in [4.69, 9.17) is 46.4 Å². The monoisotopic (exact) mass is 765 g/mol. The van der Waals surface area contributed by atoms with Crippen LogP contribution in [-0.2, 0) is 33.3 Å². The second-order valence-corrected chi connectivity index (χ2v) is 12.0. The summed E-state index contributed by atoms with van der Waals surface area (Å²) in [5.41, 5.74) is 27.1. The number of azide groups is 1. The first kappa shape index (κ1) is 43.9. The van der Waals surface area contributed by atoms with Crippen LogP contribution in [0.15, 0.2) is 70.8 Å². The summed E-state index contributed by atoms with van der Waals surface area (Å²) in [6.45, 7) is 3.88. The predicted octanol–water partition coefficient (Wildman–Crippen LogP) is 2.39. The fourth-order valence-electron chi connectivity index (χ4n) is 5.29. The molecule has 0 saturated carbocycles. The highest BCUT2D eigenvalue weighted by Crippen LogP contribution is 2.35. The van der Waals surface area contributed by atoms with Gasteiger partial charge in [-0.3, -0.25) is 19.4 Å². The van der Waals surface area contributed by atoms with E-state index in [9.17, 15) is 19.5 Å². The number of carboxylic acids is 1. The molecule has 18 nitrogen and oxygen atoms in total. The molecule has 3 aromatic carbocycles.